The lowest BCUT2D eigenvalue weighted by molar-refractivity contribution is 0.0954. The zero-order chi connectivity index (χ0) is 21.0. The maximum Gasteiger partial charge on any atom is 0.251 e. The molecule has 0 saturated carbocycles. The van der Waals surface area contributed by atoms with Crippen LogP contribution in [-0.4, -0.2) is 50.6 Å². The molecule has 2 aromatic rings. The van der Waals surface area contributed by atoms with Crippen LogP contribution in [0.5, 0.6) is 0 Å². The molecular formula is C22H26N4O3S. The number of amidine groups is 1. The number of nitrogens with zero attached hydrogens (tertiary/aromatic N) is 2. The number of nitrogens with one attached hydrogen (secondary N) is 2. The predicted molar refractivity (Wildman–Crippen MR) is 116 cm³/mol. The Morgan fingerprint density at radius 3 is 2.47 bits per heavy atom. The fourth-order valence-corrected chi connectivity index (χ4v) is 5.30. The Morgan fingerprint density at radius 1 is 0.967 bits per heavy atom. The number of aliphatic imine (C=N–C) groups is 1. The van der Waals surface area contributed by atoms with Gasteiger partial charge in [-0.15, -0.1) is 0 Å². The number of hydrogen-bond acceptors (Lipinski definition) is 5. The van der Waals surface area contributed by atoms with Gasteiger partial charge in [-0.25, -0.2) is 8.42 Å². The largest absolute Gasteiger partial charge is 0.368 e. The second-order valence-electron chi connectivity index (χ2n) is 7.49. The molecule has 2 aliphatic rings. The third-order valence-electron chi connectivity index (χ3n) is 5.45. The average Bonchev–Trinajstić information content (AvgIpc) is 3.20. The van der Waals surface area contributed by atoms with Crippen molar-refractivity contribution < 1.29 is 13.2 Å². The molecule has 0 atom stereocenters. The quantitative estimate of drug-likeness (QED) is 0.693. The van der Waals surface area contributed by atoms with Crippen LogP contribution in [0, 0.1) is 0 Å². The van der Waals surface area contributed by atoms with Gasteiger partial charge in [0.05, 0.1) is 11.4 Å². The van der Waals surface area contributed by atoms with Gasteiger partial charge in [-0.3, -0.25) is 9.79 Å². The molecule has 1 saturated heterocycles. The summed E-state index contributed by atoms with van der Waals surface area (Å²) in [6, 6.07) is 14.2. The van der Waals surface area contributed by atoms with Gasteiger partial charge in [-0.05, 0) is 42.7 Å². The molecule has 2 aliphatic heterocycles. The zero-order valence-corrected chi connectivity index (χ0v) is 17.6. The molecule has 158 valence electrons. The van der Waals surface area contributed by atoms with Crippen molar-refractivity contribution in [3.63, 3.8) is 0 Å². The van der Waals surface area contributed by atoms with Crippen molar-refractivity contribution in [1.82, 2.24) is 14.9 Å². The van der Waals surface area contributed by atoms with Crippen LogP contribution in [0.1, 0.15) is 40.7 Å². The Bertz CT molecular complexity index is 1040. The van der Waals surface area contributed by atoms with Crippen LogP contribution in [0.4, 0.5) is 0 Å². The van der Waals surface area contributed by atoms with Gasteiger partial charge < -0.3 is 10.6 Å². The summed E-state index contributed by atoms with van der Waals surface area (Å²) in [5, 5.41) is 6.11. The predicted octanol–water partition coefficient (Wildman–Crippen LogP) is 2.14. The van der Waals surface area contributed by atoms with E-state index in [2.05, 4.69) is 21.7 Å². The summed E-state index contributed by atoms with van der Waals surface area (Å²) < 4.78 is 26.9. The molecule has 0 bridgehead atoms. The van der Waals surface area contributed by atoms with Crippen LogP contribution in [0.2, 0.25) is 0 Å². The number of carbonyl (C=O) groups is 1. The molecule has 2 N–H and O–H groups in total. The first-order valence-corrected chi connectivity index (χ1v) is 11.7. The second kappa shape index (κ2) is 8.97. The Balaban J connectivity index is 1.28. The molecule has 1 amide bonds. The Kier molecular flexibility index (Phi) is 6.15. The van der Waals surface area contributed by atoms with E-state index in [1.165, 1.54) is 22.0 Å². The number of sulfonamides is 1. The first-order valence-electron chi connectivity index (χ1n) is 10.3. The van der Waals surface area contributed by atoms with E-state index in [0.29, 0.717) is 38.3 Å². The van der Waals surface area contributed by atoms with Crippen molar-refractivity contribution in [2.75, 3.05) is 26.2 Å². The number of piperidine rings is 1. The van der Waals surface area contributed by atoms with E-state index in [9.17, 15) is 13.2 Å². The highest BCUT2D eigenvalue weighted by atomic mass is 32.2. The lowest BCUT2D eigenvalue weighted by Crippen LogP contribution is -2.35. The third kappa shape index (κ3) is 4.39. The number of amides is 1. The summed E-state index contributed by atoms with van der Waals surface area (Å²) in [6.45, 7) is 2.80. The van der Waals surface area contributed by atoms with Gasteiger partial charge in [0, 0.05) is 37.3 Å². The van der Waals surface area contributed by atoms with Gasteiger partial charge in [0.1, 0.15) is 5.84 Å². The van der Waals surface area contributed by atoms with Gasteiger partial charge in [-0.2, -0.15) is 4.31 Å². The van der Waals surface area contributed by atoms with Crippen molar-refractivity contribution in [3.8, 4) is 0 Å². The summed E-state index contributed by atoms with van der Waals surface area (Å²) in [5.41, 5.74) is 2.74. The molecule has 0 aromatic heterocycles. The maximum atomic E-state index is 12.7. The van der Waals surface area contributed by atoms with Gasteiger partial charge in [0.25, 0.3) is 5.91 Å². The highest BCUT2D eigenvalue weighted by Crippen LogP contribution is 2.21. The molecule has 0 unspecified atom stereocenters. The van der Waals surface area contributed by atoms with Crippen molar-refractivity contribution in [2.45, 2.75) is 30.7 Å². The second-order valence-corrected chi connectivity index (χ2v) is 9.43. The summed E-state index contributed by atoms with van der Waals surface area (Å²) in [7, 11) is -3.48. The topological polar surface area (TPSA) is 90.9 Å². The molecule has 8 heteroatoms. The highest BCUT2D eigenvalue weighted by molar-refractivity contribution is 7.89. The normalized spacial score (nSPS) is 16.6. The fraction of sp³-hybridized carbons (Fsp3) is 0.364. The van der Waals surface area contributed by atoms with Crippen molar-refractivity contribution >= 4 is 21.8 Å². The molecule has 0 spiro atoms. The molecule has 4 rings (SSSR count). The van der Waals surface area contributed by atoms with Crippen molar-refractivity contribution in [1.29, 1.82) is 0 Å². The summed E-state index contributed by atoms with van der Waals surface area (Å²) >= 11 is 0. The van der Waals surface area contributed by atoms with Crippen LogP contribution in [0.3, 0.4) is 0 Å². The lowest BCUT2D eigenvalue weighted by Gasteiger charge is -2.25. The van der Waals surface area contributed by atoms with Crippen LogP contribution in [0.15, 0.2) is 58.4 Å². The third-order valence-corrected chi connectivity index (χ3v) is 7.37. The number of hydrogen-bond donors (Lipinski definition) is 2. The molecule has 0 radical (unpaired) electrons. The molecule has 0 aliphatic carbocycles. The molecule has 2 aromatic carbocycles. The average molecular weight is 427 g/mol. The molecular weight excluding hydrogens is 400 g/mol. The van der Waals surface area contributed by atoms with Crippen molar-refractivity contribution in [2.24, 2.45) is 4.99 Å². The van der Waals surface area contributed by atoms with Crippen LogP contribution < -0.4 is 10.6 Å². The molecule has 30 heavy (non-hydrogen) atoms. The maximum absolute atomic E-state index is 12.7. The van der Waals surface area contributed by atoms with Crippen LogP contribution >= 0.6 is 0 Å². The van der Waals surface area contributed by atoms with Crippen LogP contribution in [-0.2, 0) is 16.6 Å². The Hall–Kier alpha value is -2.71. The number of benzene rings is 2. The minimum Gasteiger partial charge on any atom is -0.368 e. The number of rotatable bonds is 6. The zero-order valence-electron chi connectivity index (χ0n) is 16.8. The van der Waals surface area contributed by atoms with E-state index >= 15 is 0 Å². The fourth-order valence-electron chi connectivity index (χ4n) is 3.78. The monoisotopic (exact) mass is 426 g/mol. The molecule has 7 nitrogen and oxygen atoms in total. The van der Waals surface area contributed by atoms with E-state index in [-0.39, 0.29) is 10.8 Å². The standard InChI is InChI=1S/C22H26N4O3S/c27-22(24-13-12-23-21-20-7-3-2-6-18(20)16-25-21)17-8-10-19(11-9-17)30(28,29)26-14-4-1-5-15-26/h2-3,6-11H,1,4-5,12-16H2,(H,23,25)(H,24,27). The van der Waals surface area contributed by atoms with E-state index < -0.39 is 10.0 Å². The minimum atomic E-state index is -3.48. The highest BCUT2D eigenvalue weighted by Gasteiger charge is 2.25. The first kappa shape index (κ1) is 20.6. The van der Waals surface area contributed by atoms with E-state index in [1.54, 1.807) is 12.1 Å². The van der Waals surface area contributed by atoms with E-state index in [0.717, 1.165) is 30.7 Å². The lowest BCUT2D eigenvalue weighted by atomic mass is 10.1. The van der Waals surface area contributed by atoms with E-state index in [4.69, 9.17) is 0 Å². The Labute approximate surface area is 177 Å². The Morgan fingerprint density at radius 2 is 1.70 bits per heavy atom. The van der Waals surface area contributed by atoms with E-state index in [1.807, 2.05) is 18.2 Å². The first-order chi connectivity index (χ1) is 14.6. The van der Waals surface area contributed by atoms with Crippen LogP contribution in [0.25, 0.3) is 0 Å². The van der Waals surface area contributed by atoms with Crippen molar-refractivity contribution in [3.05, 3.63) is 65.2 Å². The van der Waals surface area contributed by atoms with Gasteiger partial charge in [-0.1, -0.05) is 30.7 Å². The van der Waals surface area contributed by atoms with Gasteiger partial charge >= 0.3 is 0 Å². The number of carbonyl (C=O) groups excluding carboxylic acids is 1. The molecule has 2 heterocycles. The summed E-state index contributed by atoms with van der Waals surface area (Å²) in [5.74, 6) is 0.625. The summed E-state index contributed by atoms with van der Waals surface area (Å²) in [6.07, 6.45) is 2.86. The summed E-state index contributed by atoms with van der Waals surface area (Å²) in [4.78, 5) is 17.1. The smallest absolute Gasteiger partial charge is 0.251 e. The van der Waals surface area contributed by atoms with Gasteiger partial charge in [0.2, 0.25) is 10.0 Å². The minimum absolute atomic E-state index is 0.229. The van der Waals surface area contributed by atoms with Gasteiger partial charge in [0.15, 0.2) is 0 Å². The SMILES string of the molecule is O=C(NCCNC1=NCc2ccccc21)c1ccc(S(=O)(=O)N2CCCCC2)cc1. The molecule has 1 fully saturated rings. The number of fused-ring (bicyclic) bond motifs is 1.